The summed E-state index contributed by atoms with van der Waals surface area (Å²) in [7, 11) is 0. The first kappa shape index (κ1) is 11.9. The largest absolute Gasteiger partial charge is 0.164 e. The minimum Gasteiger partial charge on any atom is -0.148 e. The van der Waals surface area contributed by atoms with E-state index in [9.17, 15) is 0 Å². The van der Waals surface area contributed by atoms with Crippen LogP contribution in [0.2, 0.25) is 0 Å². The predicted molar refractivity (Wildman–Crippen MR) is 53.3 cm³/mol. The maximum absolute atomic E-state index is 5.64. The van der Waals surface area contributed by atoms with Gasteiger partial charge in [-0.25, -0.2) is 0 Å². The lowest BCUT2D eigenvalue weighted by Gasteiger charge is -2.16. The van der Waals surface area contributed by atoms with Gasteiger partial charge in [-0.3, -0.25) is 0 Å². The van der Waals surface area contributed by atoms with Gasteiger partial charge in [0.05, 0.1) is 0 Å². The summed E-state index contributed by atoms with van der Waals surface area (Å²) < 4.78 is 0. The van der Waals surface area contributed by atoms with Crippen LogP contribution >= 0.6 is 0 Å². The first-order valence-electron chi connectivity index (χ1n) is 5.00. The van der Waals surface area contributed by atoms with Crippen LogP contribution in [0.1, 0.15) is 47.5 Å². The zero-order chi connectivity index (χ0) is 9.56. The number of unbranched alkanes of at least 4 members (excludes halogenated alkanes) is 1. The molecule has 0 unspecified atom stereocenters. The molecule has 0 aliphatic rings. The fraction of sp³-hybridized carbons (Fsp3) is 1.00. The van der Waals surface area contributed by atoms with E-state index in [-0.39, 0.29) is 0 Å². The molecule has 0 amide bonds. The molecule has 0 spiro atoms. The van der Waals surface area contributed by atoms with Crippen molar-refractivity contribution in [2.75, 3.05) is 6.61 Å². The van der Waals surface area contributed by atoms with Crippen molar-refractivity contribution in [3.63, 3.8) is 0 Å². The lowest BCUT2D eigenvalue weighted by molar-refractivity contribution is -0.110. The average Bonchev–Trinajstić information content (AvgIpc) is 1.96. The highest BCUT2D eigenvalue weighted by atomic mass is 16.7. The standard InChI is InChI=1S/C10H23NO/c1-6-7-8-12-11(9(2)3)10(4)5/h9-10H,6-8H2,1-5H3/q+1. The highest BCUT2D eigenvalue weighted by Crippen LogP contribution is 2.02. The fourth-order valence-corrected chi connectivity index (χ4v) is 1.21. The zero-order valence-electron chi connectivity index (χ0n) is 9.13. The van der Waals surface area contributed by atoms with E-state index >= 15 is 0 Å². The maximum Gasteiger partial charge on any atom is 0.164 e. The van der Waals surface area contributed by atoms with Gasteiger partial charge in [-0.05, 0) is 39.2 Å². The highest BCUT2D eigenvalue weighted by Gasteiger charge is 2.25. The van der Waals surface area contributed by atoms with Gasteiger partial charge in [0.15, 0.2) is 12.1 Å². The summed E-state index contributed by atoms with van der Waals surface area (Å²) >= 11 is 0. The summed E-state index contributed by atoms with van der Waals surface area (Å²) in [6.45, 7) is 11.7. The second-order valence-corrected chi connectivity index (χ2v) is 3.73. The topological polar surface area (TPSA) is 15.1 Å². The van der Waals surface area contributed by atoms with Crippen molar-refractivity contribution in [3.8, 4) is 0 Å². The van der Waals surface area contributed by atoms with Crippen LogP contribution in [0.25, 0.3) is 0 Å². The zero-order valence-corrected chi connectivity index (χ0v) is 9.13. The SMILES string of the molecule is CCCCO[N+](C(C)C)C(C)C. The van der Waals surface area contributed by atoms with Crippen molar-refractivity contribution in [1.29, 1.82) is 0 Å². The van der Waals surface area contributed by atoms with Gasteiger partial charge in [0.25, 0.3) is 0 Å². The smallest absolute Gasteiger partial charge is 0.148 e. The molecule has 73 valence electrons. The van der Waals surface area contributed by atoms with E-state index in [1.165, 1.54) is 6.42 Å². The minimum atomic E-state index is 0.474. The molecule has 0 saturated carbocycles. The van der Waals surface area contributed by atoms with E-state index in [1.807, 2.05) is 0 Å². The van der Waals surface area contributed by atoms with Crippen LogP contribution in [0.3, 0.4) is 0 Å². The first-order valence-corrected chi connectivity index (χ1v) is 5.00. The van der Waals surface area contributed by atoms with E-state index in [1.54, 1.807) is 0 Å². The second kappa shape index (κ2) is 6.44. The van der Waals surface area contributed by atoms with Gasteiger partial charge in [-0.2, -0.15) is 0 Å². The first-order chi connectivity index (χ1) is 5.59. The molecule has 12 heavy (non-hydrogen) atoms. The second-order valence-electron chi connectivity index (χ2n) is 3.73. The van der Waals surface area contributed by atoms with Crippen LogP contribution in [0.5, 0.6) is 0 Å². The minimum absolute atomic E-state index is 0.474. The van der Waals surface area contributed by atoms with Crippen LogP contribution < -0.4 is 5.06 Å². The van der Waals surface area contributed by atoms with E-state index in [0.29, 0.717) is 12.1 Å². The third-order valence-corrected chi connectivity index (χ3v) is 1.76. The van der Waals surface area contributed by atoms with Crippen molar-refractivity contribution < 1.29 is 4.84 Å². The maximum atomic E-state index is 5.64. The lowest BCUT2D eigenvalue weighted by atomic mass is 10.3. The molecule has 0 rings (SSSR count). The number of hydrogen-bond acceptors (Lipinski definition) is 2. The third-order valence-electron chi connectivity index (χ3n) is 1.76. The molecule has 1 radical (unpaired) electrons. The Bertz CT molecular complexity index is 94.0. The van der Waals surface area contributed by atoms with Gasteiger partial charge in [0.2, 0.25) is 0 Å². The van der Waals surface area contributed by atoms with Crippen LogP contribution in [0.4, 0.5) is 0 Å². The fourth-order valence-electron chi connectivity index (χ4n) is 1.21. The van der Waals surface area contributed by atoms with Gasteiger partial charge in [-0.1, -0.05) is 13.3 Å². The number of hydrogen-bond donors (Lipinski definition) is 0. The monoisotopic (exact) mass is 173 g/mol. The van der Waals surface area contributed by atoms with Crippen LogP contribution in [0, 0.1) is 0 Å². The Morgan fingerprint density at radius 2 is 1.58 bits per heavy atom. The quantitative estimate of drug-likeness (QED) is 0.342. The van der Waals surface area contributed by atoms with Gasteiger partial charge in [-0.15, -0.1) is 4.84 Å². The summed E-state index contributed by atoms with van der Waals surface area (Å²) in [5, 5.41) is 2.07. The van der Waals surface area contributed by atoms with Crippen molar-refractivity contribution in [2.24, 2.45) is 0 Å². The molecule has 0 aliphatic carbocycles. The summed E-state index contributed by atoms with van der Waals surface area (Å²) in [4.78, 5) is 5.64. The number of nitrogens with zero attached hydrogens (tertiary/aromatic N) is 1. The van der Waals surface area contributed by atoms with Crippen molar-refractivity contribution in [2.45, 2.75) is 59.5 Å². The molecule has 0 aromatic rings. The molecule has 0 fully saturated rings. The predicted octanol–water partition coefficient (Wildman–Crippen LogP) is 2.68. The summed E-state index contributed by atoms with van der Waals surface area (Å²) in [5.41, 5.74) is 0. The van der Waals surface area contributed by atoms with Gasteiger partial charge in [0, 0.05) is 0 Å². The number of hydroxylamine groups is 2. The average molecular weight is 173 g/mol. The lowest BCUT2D eigenvalue weighted by Crippen LogP contribution is -2.43. The van der Waals surface area contributed by atoms with E-state index in [4.69, 9.17) is 4.84 Å². The normalized spacial score (nSPS) is 12.0. The molecular formula is C10H23NO+. The van der Waals surface area contributed by atoms with Gasteiger partial charge >= 0.3 is 0 Å². The summed E-state index contributed by atoms with van der Waals surface area (Å²) in [6, 6.07) is 0.948. The Balaban J connectivity index is 3.64. The summed E-state index contributed by atoms with van der Waals surface area (Å²) in [5.74, 6) is 0. The van der Waals surface area contributed by atoms with Crippen LogP contribution in [0.15, 0.2) is 0 Å². The van der Waals surface area contributed by atoms with Crippen LogP contribution in [-0.4, -0.2) is 18.7 Å². The number of rotatable bonds is 6. The molecule has 0 heterocycles. The van der Waals surface area contributed by atoms with Gasteiger partial charge in [0.1, 0.15) is 6.61 Å². The molecule has 0 N–H and O–H groups in total. The molecule has 0 aromatic carbocycles. The Morgan fingerprint density at radius 3 is 1.92 bits per heavy atom. The van der Waals surface area contributed by atoms with E-state index in [2.05, 4.69) is 39.7 Å². The summed E-state index contributed by atoms with van der Waals surface area (Å²) in [6.07, 6.45) is 2.35. The van der Waals surface area contributed by atoms with Crippen LogP contribution in [-0.2, 0) is 4.84 Å². The molecule has 0 bridgehead atoms. The Labute approximate surface area is 76.9 Å². The molecule has 0 aliphatic heterocycles. The third kappa shape index (κ3) is 4.73. The Hall–Kier alpha value is -0.0800. The Morgan fingerprint density at radius 1 is 1.08 bits per heavy atom. The molecule has 2 heteroatoms. The molecule has 0 saturated heterocycles. The molecule has 0 aromatic heterocycles. The van der Waals surface area contributed by atoms with E-state index in [0.717, 1.165) is 13.0 Å². The van der Waals surface area contributed by atoms with Crippen molar-refractivity contribution in [1.82, 2.24) is 5.06 Å². The highest BCUT2D eigenvalue weighted by molar-refractivity contribution is 4.63. The Kier molecular flexibility index (Phi) is 6.39. The molecule has 2 nitrogen and oxygen atoms in total. The van der Waals surface area contributed by atoms with Gasteiger partial charge < -0.3 is 0 Å². The van der Waals surface area contributed by atoms with Crippen molar-refractivity contribution in [3.05, 3.63) is 0 Å². The molecular weight excluding hydrogens is 150 g/mol. The molecule has 0 atom stereocenters. The van der Waals surface area contributed by atoms with Crippen molar-refractivity contribution >= 4 is 0 Å². The van der Waals surface area contributed by atoms with E-state index < -0.39 is 0 Å².